The molecule has 2 aromatic rings. The monoisotopic (exact) mass is 380 g/mol. The normalized spacial score (nSPS) is 18.2. The molecular formula is C22H24N2O4. The Morgan fingerprint density at radius 3 is 2.21 bits per heavy atom. The van der Waals surface area contributed by atoms with Crippen LogP contribution in [0.1, 0.15) is 43.1 Å². The summed E-state index contributed by atoms with van der Waals surface area (Å²) < 4.78 is 0. The van der Waals surface area contributed by atoms with Crippen LogP contribution in [0.3, 0.4) is 0 Å². The summed E-state index contributed by atoms with van der Waals surface area (Å²) in [5.41, 5.74) is 1.23. The van der Waals surface area contributed by atoms with E-state index in [1.165, 1.54) is 0 Å². The van der Waals surface area contributed by atoms with Crippen LogP contribution in [-0.4, -0.2) is 22.9 Å². The maximum Gasteiger partial charge on any atom is 0.313 e. The zero-order chi connectivity index (χ0) is 20.5. The molecule has 6 heteroatoms. The standard InChI is InChI=1S/C22H24N2O4/c1-13-11-18(13)20(26)24-17-6-4-5-14(12-17)19(25)23-16-9-7-15(8-10-16)22(2,3)21(27)28/h4-10,12-13,18H,11H2,1-3H3,(H,23,25)(H,24,26)(H,27,28). The van der Waals surface area contributed by atoms with Crippen molar-refractivity contribution in [2.45, 2.75) is 32.6 Å². The Balaban J connectivity index is 1.67. The quantitative estimate of drug-likeness (QED) is 0.708. The summed E-state index contributed by atoms with van der Waals surface area (Å²) >= 11 is 0. The molecule has 2 aromatic carbocycles. The van der Waals surface area contributed by atoms with Gasteiger partial charge in [0.1, 0.15) is 0 Å². The fraction of sp³-hybridized carbons (Fsp3) is 0.318. The maximum absolute atomic E-state index is 12.5. The molecule has 6 nitrogen and oxygen atoms in total. The Hall–Kier alpha value is -3.15. The van der Waals surface area contributed by atoms with Crippen LogP contribution in [-0.2, 0) is 15.0 Å². The summed E-state index contributed by atoms with van der Waals surface area (Å²) in [6.45, 7) is 5.30. The van der Waals surface area contributed by atoms with Crippen molar-refractivity contribution >= 4 is 29.2 Å². The second-order valence-electron chi connectivity index (χ2n) is 7.85. The lowest BCUT2D eigenvalue weighted by molar-refractivity contribution is -0.142. The van der Waals surface area contributed by atoms with E-state index in [2.05, 4.69) is 10.6 Å². The Labute approximate surface area is 164 Å². The van der Waals surface area contributed by atoms with Crippen LogP contribution in [0.5, 0.6) is 0 Å². The fourth-order valence-electron chi connectivity index (χ4n) is 2.96. The number of anilines is 2. The predicted octanol–water partition coefficient (Wildman–Crippen LogP) is 3.90. The molecule has 1 aliphatic rings. The van der Waals surface area contributed by atoms with Gasteiger partial charge in [0.15, 0.2) is 0 Å². The van der Waals surface area contributed by atoms with Gasteiger partial charge in [0, 0.05) is 22.9 Å². The van der Waals surface area contributed by atoms with Crippen molar-refractivity contribution in [2.75, 3.05) is 10.6 Å². The van der Waals surface area contributed by atoms with Crippen LogP contribution >= 0.6 is 0 Å². The molecule has 146 valence electrons. The Morgan fingerprint density at radius 1 is 1.00 bits per heavy atom. The number of aliphatic carboxylic acids is 1. The number of rotatable bonds is 6. The van der Waals surface area contributed by atoms with Gasteiger partial charge in [-0.1, -0.05) is 25.1 Å². The molecule has 0 spiro atoms. The van der Waals surface area contributed by atoms with E-state index in [-0.39, 0.29) is 17.7 Å². The molecule has 3 rings (SSSR count). The zero-order valence-electron chi connectivity index (χ0n) is 16.2. The van der Waals surface area contributed by atoms with Crippen LogP contribution < -0.4 is 10.6 Å². The van der Waals surface area contributed by atoms with Crippen molar-refractivity contribution in [1.82, 2.24) is 0 Å². The van der Waals surface area contributed by atoms with Crippen molar-refractivity contribution in [3.05, 3.63) is 59.7 Å². The molecule has 1 aliphatic carbocycles. The van der Waals surface area contributed by atoms with Crippen LogP contribution in [0.4, 0.5) is 11.4 Å². The third-order valence-electron chi connectivity index (χ3n) is 5.24. The molecule has 2 atom stereocenters. The lowest BCUT2D eigenvalue weighted by atomic mass is 9.85. The van der Waals surface area contributed by atoms with Gasteiger partial charge < -0.3 is 15.7 Å². The van der Waals surface area contributed by atoms with Crippen molar-refractivity contribution in [3.63, 3.8) is 0 Å². The fourth-order valence-corrected chi connectivity index (χ4v) is 2.96. The van der Waals surface area contributed by atoms with Crippen LogP contribution in [0.15, 0.2) is 48.5 Å². The van der Waals surface area contributed by atoms with Gasteiger partial charge in [-0.05, 0) is 62.1 Å². The molecule has 1 fully saturated rings. The van der Waals surface area contributed by atoms with Gasteiger partial charge in [-0.3, -0.25) is 14.4 Å². The van der Waals surface area contributed by atoms with Gasteiger partial charge in [0.2, 0.25) is 5.91 Å². The highest BCUT2D eigenvalue weighted by atomic mass is 16.4. The molecule has 0 aromatic heterocycles. The first-order valence-electron chi connectivity index (χ1n) is 9.24. The number of carbonyl (C=O) groups excluding carboxylic acids is 2. The van der Waals surface area contributed by atoms with Crippen molar-refractivity contribution < 1.29 is 19.5 Å². The maximum atomic E-state index is 12.5. The molecule has 0 radical (unpaired) electrons. The van der Waals surface area contributed by atoms with Crippen molar-refractivity contribution in [2.24, 2.45) is 11.8 Å². The van der Waals surface area contributed by atoms with E-state index in [1.807, 2.05) is 6.92 Å². The smallest absolute Gasteiger partial charge is 0.313 e. The molecule has 2 unspecified atom stereocenters. The summed E-state index contributed by atoms with van der Waals surface area (Å²) in [7, 11) is 0. The number of amides is 2. The van der Waals surface area contributed by atoms with Gasteiger partial charge >= 0.3 is 5.97 Å². The molecule has 1 saturated carbocycles. The first kappa shape index (κ1) is 19.6. The molecule has 0 bridgehead atoms. The van der Waals surface area contributed by atoms with E-state index >= 15 is 0 Å². The molecule has 3 N–H and O–H groups in total. The van der Waals surface area contributed by atoms with E-state index < -0.39 is 11.4 Å². The summed E-state index contributed by atoms with van der Waals surface area (Å²) in [5, 5.41) is 14.9. The van der Waals surface area contributed by atoms with E-state index in [1.54, 1.807) is 62.4 Å². The van der Waals surface area contributed by atoms with Crippen molar-refractivity contribution in [3.8, 4) is 0 Å². The van der Waals surface area contributed by atoms with E-state index in [4.69, 9.17) is 0 Å². The van der Waals surface area contributed by atoms with E-state index in [0.717, 1.165) is 6.42 Å². The number of carbonyl (C=O) groups is 3. The second kappa shape index (κ2) is 7.46. The van der Waals surface area contributed by atoms with Gasteiger partial charge in [-0.15, -0.1) is 0 Å². The van der Waals surface area contributed by atoms with E-state index in [9.17, 15) is 19.5 Å². The average Bonchev–Trinajstić information content (AvgIpc) is 3.39. The van der Waals surface area contributed by atoms with Gasteiger partial charge in [-0.25, -0.2) is 0 Å². The number of carboxylic acid groups (broad SMARTS) is 1. The lowest BCUT2D eigenvalue weighted by Crippen LogP contribution is -2.28. The summed E-state index contributed by atoms with van der Waals surface area (Å²) in [6.07, 6.45) is 0.903. The lowest BCUT2D eigenvalue weighted by Gasteiger charge is -2.19. The predicted molar refractivity (Wildman–Crippen MR) is 107 cm³/mol. The van der Waals surface area contributed by atoms with Crippen molar-refractivity contribution in [1.29, 1.82) is 0 Å². The van der Waals surface area contributed by atoms with Crippen LogP contribution in [0.25, 0.3) is 0 Å². The van der Waals surface area contributed by atoms with Gasteiger partial charge in [-0.2, -0.15) is 0 Å². The number of nitrogens with one attached hydrogen (secondary N) is 2. The number of hydrogen-bond donors (Lipinski definition) is 3. The second-order valence-corrected chi connectivity index (χ2v) is 7.85. The number of hydrogen-bond acceptors (Lipinski definition) is 3. The number of carboxylic acids is 1. The highest BCUT2D eigenvalue weighted by molar-refractivity contribution is 6.05. The average molecular weight is 380 g/mol. The highest BCUT2D eigenvalue weighted by Crippen LogP contribution is 2.38. The summed E-state index contributed by atoms with van der Waals surface area (Å²) in [6, 6.07) is 13.5. The third kappa shape index (κ3) is 4.22. The Kier molecular flexibility index (Phi) is 5.23. The Morgan fingerprint density at radius 2 is 1.64 bits per heavy atom. The van der Waals surface area contributed by atoms with Crippen LogP contribution in [0, 0.1) is 11.8 Å². The first-order valence-corrected chi connectivity index (χ1v) is 9.24. The van der Waals surface area contributed by atoms with E-state index in [0.29, 0.717) is 28.4 Å². The summed E-state index contributed by atoms with van der Waals surface area (Å²) in [5.74, 6) is -0.752. The number of benzene rings is 2. The third-order valence-corrected chi connectivity index (χ3v) is 5.24. The topological polar surface area (TPSA) is 95.5 Å². The zero-order valence-corrected chi connectivity index (χ0v) is 16.2. The molecule has 0 heterocycles. The molecule has 0 saturated heterocycles. The highest BCUT2D eigenvalue weighted by Gasteiger charge is 2.39. The summed E-state index contributed by atoms with van der Waals surface area (Å²) in [4.78, 5) is 35.9. The van der Waals surface area contributed by atoms with Gasteiger partial charge in [0.05, 0.1) is 5.41 Å². The SMILES string of the molecule is CC1CC1C(=O)Nc1cccc(C(=O)Nc2ccc(C(C)(C)C(=O)O)cc2)c1. The minimum atomic E-state index is -1.01. The first-order chi connectivity index (χ1) is 13.2. The molecule has 2 amide bonds. The minimum Gasteiger partial charge on any atom is -0.481 e. The minimum absolute atomic E-state index is 0.0123. The largest absolute Gasteiger partial charge is 0.481 e. The van der Waals surface area contributed by atoms with Gasteiger partial charge in [0.25, 0.3) is 5.91 Å². The molecule has 28 heavy (non-hydrogen) atoms. The molecular weight excluding hydrogens is 356 g/mol. The molecule has 0 aliphatic heterocycles. The van der Waals surface area contributed by atoms with Crippen LogP contribution in [0.2, 0.25) is 0 Å². The Bertz CT molecular complexity index is 918.